The summed E-state index contributed by atoms with van der Waals surface area (Å²) in [5.41, 5.74) is 2.88. The largest absolute Gasteiger partial charge is 0.388 e. The van der Waals surface area contributed by atoms with Crippen molar-refractivity contribution in [2.24, 2.45) is 0 Å². The van der Waals surface area contributed by atoms with E-state index in [2.05, 4.69) is 19.2 Å². The Labute approximate surface area is 44.4 Å². The van der Waals surface area contributed by atoms with Crippen LogP contribution in [0.3, 0.4) is 0 Å². The molecule has 1 rings (SSSR count). The molecule has 0 atom stereocenters. The number of allylic oxidation sites excluding steroid dienone is 1. The Kier molecular flexibility index (Phi) is 1.05. The lowest BCUT2D eigenvalue weighted by Gasteiger charge is -2.21. The molecule has 0 aromatic rings. The number of rotatable bonds is 0. The summed E-state index contributed by atoms with van der Waals surface area (Å²) in [7, 11) is 0. The Balaban J connectivity index is 2.52. The third-order valence-electron chi connectivity index (χ3n) is 1.32. The first kappa shape index (κ1) is 4.69. The lowest BCUT2D eigenvalue weighted by Crippen LogP contribution is -2.28. The standard InChI is InChI=1S/C6H11N/c1-5(2)6-3-4-7-6/h7H,3-4H2,1-2H3. The molecule has 1 aliphatic heterocycles. The Morgan fingerprint density at radius 2 is 2.14 bits per heavy atom. The number of nitrogens with one attached hydrogen (secondary N) is 1. The summed E-state index contributed by atoms with van der Waals surface area (Å²) in [6.45, 7) is 5.46. The lowest BCUT2D eigenvalue weighted by molar-refractivity contribution is 0.622. The van der Waals surface area contributed by atoms with E-state index in [9.17, 15) is 0 Å². The van der Waals surface area contributed by atoms with Gasteiger partial charge in [0.2, 0.25) is 0 Å². The van der Waals surface area contributed by atoms with Gasteiger partial charge in [-0.25, -0.2) is 0 Å². The molecular weight excluding hydrogens is 86.1 g/mol. The van der Waals surface area contributed by atoms with E-state index in [0.29, 0.717) is 0 Å². The summed E-state index contributed by atoms with van der Waals surface area (Å²) in [4.78, 5) is 0. The van der Waals surface area contributed by atoms with Crippen LogP contribution in [0.2, 0.25) is 0 Å². The number of hydrogen-bond donors (Lipinski definition) is 1. The van der Waals surface area contributed by atoms with Gasteiger partial charge in [-0.1, -0.05) is 5.57 Å². The second kappa shape index (κ2) is 1.57. The van der Waals surface area contributed by atoms with Crippen molar-refractivity contribution in [2.75, 3.05) is 6.54 Å². The third-order valence-corrected chi connectivity index (χ3v) is 1.32. The minimum absolute atomic E-state index is 1.18. The molecule has 1 N–H and O–H groups in total. The molecule has 0 bridgehead atoms. The van der Waals surface area contributed by atoms with Gasteiger partial charge >= 0.3 is 0 Å². The molecule has 1 aliphatic rings. The molecule has 1 heterocycles. The Hall–Kier alpha value is -0.460. The molecule has 1 nitrogen and oxygen atoms in total. The molecule has 0 saturated carbocycles. The zero-order chi connectivity index (χ0) is 5.28. The van der Waals surface area contributed by atoms with Crippen LogP contribution < -0.4 is 5.32 Å². The maximum absolute atomic E-state index is 3.22. The predicted molar refractivity (Wildman–Crippen MR) is 31.0 cm³/mol. The molecule has 1 heteroatoms. The summed E-state index contributed by atoms with van der Waals surface area (Å²) >= 11 is 0. The molecule has 0 amide bonds. The van der Waals surface area contributed by atoms with Crippen molar-refractivity contribution < 1.29 is 0 Å². The van der Waals surface area contributed by atoms with Crippen molar-refractivity contribution >= 4 is 0 Å². The van der Waals surface area contributed by atoms with E-state index >= 15 is 0 Å². The van der Waals surface area contributed by atoms with Crippen LogP contribution in [0, 0.1) is 0 Å². The van der Waals surface area contributed by atoms with Gasteiger partial charge in [0.25, 0.3) is 0 Å². The van der Waals surface area contributed by atoms with Gasteiger partial charge in [-0.05, 0) is 13.8 Å². The van der Waals surface area contributed by atoms with Crippen LogP contribution in [-0.2, 0) is 0 Å². The van der Waals surface area contributed by atoms with E-state index < -0.39 is 0 Å². The van der Waals surface area contributed by atoms with Crippen molar-refractivity contribution in [2.45, 2.75) is 20.3 Å². The average molecular weight is 97.2 g/mol. The lowest BCUT2D eigenvalue weighted by atomic mass is 10.1. The SMILES string of the molecule is CC(C)=C1CCN1. The molecule has 0 aromatic carbocycles. The van der Waals surface area contributed by atoms with Crippen molar-refractivity contribution in [1.29, 1.82) is 0 Å². The third kappa shape index (κ3) is 0.763. The molecule has 7 heavy (non-hydrogen) atoms. The molecule has 0 radical (unpaired) electrons. The summed E-state index contributed by atoms with van der Waals surface area (Å²) in [6.07, 6.45) is 1.27. The average Bonchev–Trinajstić information content (AvgIpc) is 1.23. The van der Waals surface area contributed by atoms with E-state index in [1.165, 1.54) is 24.2 Å². The fraction of sp³-hybridized carbons (Fsp3) is 0.667. The molecule has 0 aromatic heterocycles. The molecule has 40 valence electrons. The van der Waals surface area contributed by atoms with Gasteiger partial charge in [0.15, 0.2) is 0 Å². The smallest absolute Gasteiger partial charge is 0.0198 e. The Bertz CT molecular complexity index is 92.7. The first-order valence-electron chi connectivity index (χ1n) is 2.71. The second-order valence-corrected chi connectivity index (χ2v) is 2.16. The Morgan fingerprint density at radius 3 is 2.14 bits per heavy atom. The fourth-order valence-electron chi connectivity index (χ4n) is 0.677. The molecule has 1 saturated heterocycles. The highest BCUT2D eigenvalue weighted by molar-refractivity contribution is 5.13. The van der Waals surface area contributed by atoms with Gasteiger partial charge in [-0.15, -0.1) is 0 Å². The van der Waals surface area contributed by atoms with Crippen LogP contribution in [0.15, 0.2) is 11.3 Å². The van der Waals surface area contributed by atoms with E-state index in [4.69, 9.17) is 0 Å². The quantitative estimate of drug-likeness (QED) is 0.480. The fourth-order valence-corrected chi connectivity index (χ4v) is 0.677. The van der Waals surface area contributed by atoms with E-state index in [1.807, 2.05) is 0 Å². The summed E-state index contributed by atoms with van der Waals surface area (Å²) < 4.78 is 0. The summed E-state index contributed by atoms with van der Waals surface area (Å²) in [6, 6.07) is 0. The molecule has 0 aliphatic carbocycles. The van der Waals surface area contributed by atoms with Crippen LogP contribution >= 0.6 is 0 Å². The van der Waals surface area contributed by atoms with Crippen molar-refractivity contribution in [3.05, 3.63) is 11.3 Å². The van der Waals surface area contributed by atoms with Gasteiger partial charge in [-0.3, -0.25) is 0 Å². The monoisotopic (exact) mass is 97.1 g/mol. The van der Waals surface area contributed by atoms with Gasteiger partial charge < -0.3 is 5.32 Å². The van der Waals surface area contributed by atoms with Crippen molar-refractivity contribution in [1.82, 2.24) is 5.32 Å². The molecule has 1 fully saturated rings. The topological polar surface area (TPSA) is 12.0 Å². The molecule has 0 unspecified atom stereocenters. The highest BCUT2D eigenvalue weighted by atomic mass is 14.9. The minimum Gasteiger partial charge on any atom is -0.388 e. The van der Waals surface area contributed by atoms with Crippen molar-refractivity contribution in [3.8, 4) is 0 Å². The zero-order valence-electron chi connectivity index (χ0n) is 4.91. The van der Waals surface area contributed by atoms with Gasteiger partial charge in [-0.2, -0.15) is 0 Å². The van der Waals surface area contributed by atoms with E-state index in [-0.39, 0.29) is 0 Å². The zero-order valence-corrected chi connectivity index (χ0v) is 4.91. The van der Waals surface area contributed by atoms with Crippen molar-refractivity contribution in [3.63, 3.8) is 0 Å². The van der Waals surface area contributed by atoms with Crippen LogP contribution in [0.4, 0.5) is 0 Å². The van der Waals surface area contributed by atoms with Crippen LogP contribution in [-0.4, -0.2) is 6.54 Å². The highest BCUT2D eigenvalue weighted by Gasteiger charge is 2.06. The normalized spacial score (nSPS) is 17.7. The van der Waals surface area contributed by atoms with Crippen LogP contribution in [0.25, 0.3) is 0 Å². The van der Waals surface area contributed by atoms with Crippen LogP contribution in [0.1, 0.15) is 20.3 Å². The Morgan fingerprint density at radius 1 is 1.57 bits per heavy atom. The first-order valence-corrected chi connectivity index (χ1v) is 2.71. The number of hydrogen-bond acceptors (Lipinski definition) is 1. The highest BCUT2D eigenvalue weighted by Crippen LogP contribution is 2.10. The van der Waals surface area contributed by atoms with Gasteiger partial charge in [0, 0.05) is 18.7 Å². The van der Waals surface area contributed by atoms with Gasteiger partial charge in [0.1, 0.15) is 0 Å². The first-order chi connectivity index (χ1) is 3.30. The summed E-state index contributed by atoms with van der Waals surface area (Å²) in [5, 5.41) is 3.22. The minimum atomic E-state index is 1.18. The van der Waals surface area contributed by atoms with Crippen LogP contribution in [0.5, 0.6) is 0 Å². The maximum Gasteiger partial charge on any atom is 0.0198 e. The van der Waals surface area contributed by atoms with E-state index in [0.717, 1.165) is 0 Å². The maximum atomic E-state index is 3.22. The molecular formula is C6H11N. The van der Waals surface area contributed by atoms with E-state index in [1.54, 1.807) is 0 Å². The predicted octanol–water partition coefficient (Wildman–Crippen LogP) is 1.27. The van der Waals surface area contributed by atoms with Gasteiger partial charge in [0.05, 0.1) is 0 Å². The second-order valence-electron chi connectivity index (χ2n) is 2.16. The summed E-state index contributed by atoms with van der Waals surface area (Å²) in [5.74, 6) is 0. The molecule has 0 spiro atoms.